The molecule has 1 unspecified atom stereocenters. The van der Waals surface area contributed by atoms with Gasteiger partial charge in [-0.2, -0.15) is 0 Å². The molecule has 0 spiro atoms. The van der Waals surface area contributed by atoms with Crippen LogP contribution in [0.1, 0.15) is 12.6 Å². The number of nitrogens with zero attached hydrogens (tertiary/aromatic N) is 3. The predicted octanol–water partition coefficient (Wildman–Crippen LogP) is 4.44. The number of aryl methyl sites for hydroxylation is 1. The van der Waals surface area contributed by atoms with Gasteiger partial charge in [0.1, 0.15) is 5.82 Å². The molecule has 0 saturated carbocycles. The van der Waals surface area contributed by atoms with Crippen molar-refractivity contribution in [3.63, 3.8) is 0 Å². The number of anilines is 1. The quantitative estimate of drug-likeness (QED) is 0.674. The fraction of sp³-hybridized carbons (Fsp3) is 0.211. The van der Waals surface area contributed by atoms with Crippen molar-refractivity contribution in [2.24, 2.45) is 0 Å². The van der Waals surface area contributed by atoms with Crippen LogP contribution in [0.25, 0.3) is 11.4 Å². The van der Waals surface area contributed by atoms with Crippen LogP contribution in [0.5, 0.6) is 0 Å². The Kier molecular flexibility index (Phi) is 5.43. The fourth-order valence-corrected chi connectivity index (χ4v) is 3.25. The van der Waals surface area contributed by atoms with E-state index in [0.717, 1.165) is 23.6 Å². The van der Waals surface area contributed by atoms with Gasteiger partial charge in [0, 0.05) is 46.4 Å². The molecule has 0 amide bonds. The molecule has 122 valence electrons. The lowest BCUT2D eigenvalue weighted by atomic mass is 10.2. The van der Waals surface area contributed by atoms with Crippen molar-refractivity contribution in [2.45, 2.75) is 24.0 Å². The molecule has 1 aromatic carbocycles. The number of hydrogen-bond acceptors (Lipinski definition) is 5. The maximum atomic E-state index is 4.61. The lowest BCUT2D eigenvalue weighted by Gasteiger charge is -2.14. The van der Waals surface area contributed by atoms with Gasteiger partial charge in [-0.1, -0.05) is 25.1 Å². The van der Waals surface area contributed by atoms with Gasteiger partial charge in [0.15, 0.2) is 5.82 Å². The molecule has 3 rings (SSSR count). The molecule has 0 radical (unpaired) electrons. The summed E-state index contributed by atoms with van der Waals surface area (Å²) in [5.41, 5.74) is 1.87. The zero-order valence-electron chi connectivity index (χ0n) is 13.8. The van der Waals surface area contributed by atoms with Crippen LogP contribution in [0, 0.1) is 6.92 Å². The third-order valence-electron chi connectivity index (χ3n) is 3.43. The van der Waals surface area contributed by atoms with Crippen molar-refractivity contribution in [1.29, 1.82) is 0 Å². The van der Waals surface area contributed by atoms with Crippen molar-refractivity contribution >= 4 is 17.6 Å². The summed E-state index contributed by atoms with van der Waals surface area (Å²) in [6, 6.07) is 16.3. The Bertz CT molecular complexity index is 778. The molecule has 0 fully saturated rings. The standard InChI is InChI=1S/C19H20N4S/c1-14-11-18(23-19(22-14)16-7-6-10-20-13-16)21-12-15(2)24-17-8-4-3-5-9-17/h3-11,13,15H,12H2,1-2H3,(H,21,22,23). The van der Waals surface area contributed by atoms with E-state index in [1.165, 1.54) is 4.90 Å². The van der Waals surface area contributed by atoms with E-state index in [1.807, 2.05) is 43.0 Å². The van der Waals surface area contributed by atoms with Gasteiger partial charge in [-0.05, 0) is 31.2 Å². The Morgan fingerprint density at radius 2 is 1.92 bits per heavy atom. The van der Waals surface area contributed by atoms with Gasteiger partial charge in [-0.25, -0.2) is 9.97 Å². The summed E-state index contributed by atoms with van der Waals surface area (Å²) in [4.78, 5) is 14.5. The van der Waals surface area contributed by atoms with Gasteiger partial charge in [0.2, 0.25) is 0 Å². The molecule has 0 saturated heterocycles. The topological polar surface area (TPSA) is 50.7 Å². The Hall–Kier alpha value is -2.40. The van der Waals surface area contributed by atoms with E-state index in [1.54, 1.807) is 12.4 Å². The molecule has 2 aromatic heterocycles. The highest BCUT2D eigenvalue weighted by molar-refractivity contribution is 8.00. The largest absolute Gasteiger partial charge is 0.369 e. The first kappa shape index (κ1) is 16.5. The maximum Gasteiger partial charge on any atom is 0.163 e. The van der Waals surface area contributed by atoms with Gasteiger partial charge in [-0.15, -0.1) is 11.8 Å². The molecule has 0 aliphatic heterocycles. The Morgan fingerprint density at radius 1 is 1.08 bits per heavy atom. The first-order valence-corrected chi connectivity index (χ1v) is 8.80. The first-order chi connectivity index (χ1) is 11.7. The molecule has 1 N–H and O–H groups in total. The van der Waals surface area contributed by atoms with Crippen molar-refractivity contribution in [2.75, 3.05) is 11.9 Å². The van der Waals surface area contributed by atoms with Gasteiger partial charge in [0.25, 0.3) is 0 Å². The highest BCUT2D eigenvalue weighted by atomic mass is 32.2. The lowest BCUT2D eigenvalue weighted by molar-refractivity contribution is 0.978. The van der Waals surface area contributed by atoms with Gasteiger partial charge in [0.05, 0.1) is 0 Å². The summed E-state index contributed by atoms with van der Waals surface area (Å²) < 4.78 is 0. The van der Waals surface area contributed by atoms with E-state index >= 15 is 0 Å². The summed E-state index contributed by atoms with van der Waals surface area (Å²) in [5.74, 6) is 1.55. The van der Waals surface area contributed by atoms with Crippen molar-refractivity contribution in [3.05, 3.63) is 66.6 Å². The number of nitrogens with one attached hydrogen (secondary N) is 1. The third-order valence-corrected chi connectivity index (χ3v) is 4.54. The molecule has 0 aliphatic carbocycles. The van der Waals surface area contributed by atoms with Crippen LogP contribution in [0.3, 0.4) is 0 Å². The maximum absolute atomic E-state index is 4.61. The Morgan fingerprint density at radius 3 is 2.67 bits per heavy atom. The van der Waals surface area contributed by atoms with Gasteiger partial charge in [-0.3, -0.25) is 4.98 Å². The fourth-order valence-electron chi connectivity index (χ4n) is 2.30. The van der Waals surface area contributed by atoms with Crippen LogP contribution in [-0.2, 0) is 0 Å². The van der Waals surface area contributed by atoms with E-state index in [4.69, 9.17) is 0 Å². The second-order valence-corrected chi connectivity index (χ2v) is 7.09. The number of thioether (sulfide) groups is 1. The van der Waals surface area contributed by atoms with Crippen LogP contribution >= 0.6 is 11.8 Å². The van der Waals surface area contributed by atoms with E-state index in [9.17, 15) is 0 Å². The van der Waals surface area contributed by atoms with Crippen LogP contribution in [-0.4, -0.2) is 26.7 Å². The SMILES string of the molecule is Cc1cc(NCC(C)Sc2ccccc2)nc(-c2cccnc2)n1. The molecule has 1 atom stereocenters. The highest BCUT2D eigenvalue weighted by Crippen LogP contribution is 2.23. The summed E-state index contributed by atoms with van der Waals surface area (Å²) in [5, 5.41) is 3.86. The predicted molar refractivity (Wildman–Crippen MR) is 100 cm³/mol. The summed E-state index contributed by atoms with van der Waals surface area (Å²) in [6.07, 6.45) is 3.54. The average molecular weight is 336 g/mol. The summed E-state index contributed by atoms with van der Waals surface area (Å²) in [7, 11) is 0. The van der Waals surface area contributed by atoms with Crippen LogP contribution < -0.4 is 5.32 Å². The van der Waals surface area contributed by atoms with Crippen molar-refractivity contribution in [3.8, 4) is 11.4 Å². The van der Waals surface area contributed by atoms with Crippen LogP contribution in [0.2, 0.25) is 0 Å². The average Bonchev–Trinajstić information content (AvgIpc) is 2.61. The second kappa shape index (κ2) is 7.93. The monoisotopic (exact) mass is 336 g/mol. The summed E-state index contributed by atoms with van der Waals surface area (Å²) in [6.45, 7) is 5.03. The Balaban J connectivity index is 1.66. The zero-order chi connectivity index (χ0) is 16.8. The number of hydrogen-bond donors (Lipinski definition) is 1. The van der Waals surface area contributed by atoms with E-state index in [-0.39, 0.29) is 0 Å². The normalized spacial score (nSPS) is 11.9. The molecule has 3 aromatic rings. The van der Waals surface area contributed by atoms with Crippen molar-refractivity contribution in [1.82, 2.24) is 15.0 Å². The lowest BCUT2D eigenvalue weighted by Crippen LogP contribution is -2.14. The number of benzene rings is 1. The second-order valence-electron chi connectivity index (χ2n) is 5.58. The zero-order valence-corrected chi connectivity index (χ0v) is 14.6. The van der Waals surface area contributed by atoms with Crippen molar-refractivity contribution < 1.29 is 0 Å². The highest BCUT2D eigenvalue weighted by Gasteiger charge is 2.08. The molecule has 4 nitrogen and oxygen atoms in total. The third kappa shape index (κ3) is 4.55. The van der Waals surface area contributed by atoms with E-state index in [2.05, 4.69) is 51.5 Å². The molecule has 0 bridgehead atoms. The molecular formula is C19H20N4S. The number of rotatable bonds is 6. The van der Waals surface area contributed by atoms with E-state index < -0.39 is 0 Å². The number of aromatic nitrogens is 3. The minimum Gasteiger partial charge on any atom is -0.369 e. The number of pyridine rings is 1. The van der Waals surface area contributed by atoms with E-state index in [0.29, 0.717) is 11.1 Å². The molecule has 2 heterocycles. The minimum atomic E-state index is 0.435. The Labute approximate surface area is 146 Å². The molecular weight excluding hydrogens is 316 g/mol. The minimum absolute atomic E-state index is 0.435. The van der Waals surface area contributed by atoms with Gasteiger partial charge < -0.3 is 5.32 Å². The molecule has 5 heteroatoms. The summed E-state index contributed by atoms with van der Waals surface area (Å²) >= 11 is 1.85. The molecule has 24 heavy (non-hydrogen) atoms. The van der Waals surface area contributed by atoms with Gasteiger partial charge >= 0.3 is 0 Å². The first-order valence-electron chi connectivity index (χ1n) is 7.92. The van der Waals surface area contributed by atoms with Crippen LogP contribution in [0.4, 0.5) is 5.82 Å². The molecule has 0 aliphatic rings. The smallest absolute Gasteiger partial charge is 0.163 e. The van der Waals surface area contributed by atoms with Crippen LogP contribution in [0.15, 0.2) is 65.8 Å².